The second kappa shape index (κ2) is 8.19. The van der Waals surface area contributed by atoms with Gasteiger partial charge < -0.3 is 9.30 Å². The first-order valence-corrected chi connectivity index (χ1v) is 9.35. The summed E-state index contributed by atoms with van der Waals surface area (Å²) in [6.45, 7) is 4.45. The van der Waals surface area contributed by atoms with E-state index in [1.165, 1.54) is 31.5 Å². The molecule has 1 aliphatic heterocycles. The summed E-state index contributed by atoms with van der Waals surface area (Å²) in [5.74, 6) is 2.53. The second-order valence-corrected chi connectivity index (χ2v) is 7.04. The first kappa shape index (κ1) is 16.9. The predicted molar refractivity (Wildman–Crippen MR) is 103 cm³/mol. The molecular weight excluding hydrogens is 322 g/mol. The topological polar surface area (TPSA) is 30.3 Å². The van der Waals surface area contributed by atoms with E-state index in [2.05, 4.69) is 44.9 Å². The molecule has 0 amide bonds. The number of hydrogen-bond donors (Lipinski definition) is 0. The molecule has 4 rings (SSSR count). The zero-order valence-corrected chi connectivity index (χ0v) is 15.0. The van der Waals surface area contributed by atoms with Crippen molar-refractivity contribution in [2.75, 3.05) is 13.1 Å². The number of ether oxygens (including phenoxy) is 1. The Morgan fingerprint density at radius 3 is 2.35 bits per heavy atom. The van der Waals surface area contributed by atoms with Crippen LogP contribution in [0.2, 0.25) is 0 Å². The maximum atomic E-state index is 5.87. The third-order valence-corrected chi connectivity index (χ3v) is 5.04. The first-order valence-electron chi connectivity index (χ1n) is 9.35. The van der Waals surface area contributed by atoms with Gasteiger partial charge in [0.05, 0.1) is 6.33 Å². The van der Waals surface area contributed by atoms with E-state index in [0.29, 0.717) is 0 Å². The van der Waals surface area contributed by atoms with E-state index < -0.39 is 0 Å². The fourth-order valence-corrected chi connectivity index (χ4v) is 3.57. The molecule has 3 aromatic rings. The lowest BCUT2D eigenvalue weighted by atomic mass is 9.96. The van der Waals surface area contributed by atoms with E-state index >= 15 is 0 Å². The number of para-hydroxylation sites is 1. The van der Waals surface area contributed by atoms with Gasteiger partial charge in [0.1, 0.15) is 11.5 Å². The van der Waals surface area contributed by atoms with Gasteiger partial charge in [0, 0.05) is 25.5 Å². The summed E-state index contributed by atoms with van der Waals surface area (Å²) in [6.07, 6.45) is 8.36. The Morgan fingerprint density at radius 2 is 1.65 bits per heavy atom. The Morgan fingerprint density at radius 1 is 0.923 bits per heavy atom. The van der Waals surface area contributed by atoms with Gasteiger partial charge in [0.2, 0.25) is 0 Å². The normalized spacial score (nSPS) is 15.8. The average Bonchev–Trinajstić information content (AvgIpc) is 3.19. The van der Waals surface area contributed by atoms with Crippen LogP contribution in [0.3, 0.4) is 0 Å². The summed E-state index contributed by atoms with van der Waals surface area (Å²) in [5.41, 5.74) is 1.35. The van der Waals surface area contributed by atoms with Gasteiger partial charge in [-0.25, -0.2) is 4.98 Å². The van der Waals surface area contributed by atoms with Crippen LogP contribution in [-0.4, -0.2) is 27.5 Å². The number of aromatic nitrogens is 2. The van der Waals surface area contributed by atoms with Crippen molar-refractivity contribution in [3.05, 3.63) is 78.9 Å². The highest BCUT2D eigenvalue weighted by atomic mass is 16.5. The molecule has 2 aromatic carbocycles. The van der Waals surface area contributed by atoms with Gasteiger partial charge in [-0.05, 0) is 61.7 Å². The lowest BCUT2D eigenvalue weighted by Crippen LogP contribution is -2.34. The van der Waals surface area contributed by atoms with Crippen LogP contribution >= 0.6 is 0 Å². The van der Waals surface area contributed by atoms with E-state index in [-0.39, 0.29) is 0 Å². The van der Waals surface area contributed by atoms with Gasteiger partial charge in [-0.15, -0.1) is 0 Å². The monoisotopic (exact) mass is 347 g/mol. The van der Waals surface area contributed by atoms with Crippen LogP contribution in [0.5, 0.6) is 11.5 Å². The summed E-state index contributed by atoms with van der Waals surface area (Å²) in [7, 11) is 0. The second-order valence-electron chi connectivity index (χ2n) is 7.04. The molecule has 1 fully saturated rings. The molecular formula is C22H25N3O. The van der Waals surface area contributed by atoms with Gasteiger partial charge in [-0.3, -0.25) is 4.90 Å². The molecule has 4 heteroatoms. The molecule has 0 unspecified atom stereocenters. The molecule has 1 aromatic heterocycles. The van der Waals surface area contributed by atoms with Crippen molar-refractivity contribution in [2.24, 2.45) is 5.92 Å². The average molecular weight is 347 g/mol. The minimum atomic E-state index is 0.766. The minimum absolute atomic E-state index is 0.766. The molecule has 0 bridgehead atoms. The highest BCUT2D eigenvalue weighted by molar-refractivity contribution is 5.32. The highest BCUT2D eigenvalue weighted by Gasteiger charge is 2.19. The van der Waals surface area contributed by atoms with E-state index in [0.717, 1.165) is 30.5 Å². The zero-order valence-electron chi connectivity index (χ0n) is 15.0. The Kier molecular flexibility index (Phi) is 5.31. The van der Waals surface area contributed by atoms with Crippen LogP contribution in [0.4, 0.5) is 0 Å². The van der Waals surface area contributed by atoms with E-state index in [1.54, 1.807) is 0 Å². The number of benzene rings is 2. The molecule has 0 radical (unpaired) electrons. The first-order chi connectivity index (χ1) is 12.8. The van der Waals surface area contributed by atoms with Gasteiger partial charge >= 0.3 is 0 Å². The summed E-state index contributed by atoms with van der Waals surface area (Å²) < 4.78 is 8.07. The van der Waals surface area contributed by atoms with Crippen LogP contribution in [0.1, 0.15) is 18.4 Å². The van der Waals surface area contributed by atoms with Crippen molar-refractivity contribution in [1.29, 1.82) is 0 Å². The van der Waals surface area contributed by atoms with Crippen molar-refractivity contribution >= 4 is 0 Å². The lowest BCUT2D eigenvalue weighted by Gasteiger charge is -2.32. The number of likely N-dealkylation sites (tertiary alicyclic amines) is 1. The molecule has 1 saturated heterocycles. The van der Waals surface area contributed by atoms with Crippen molar-refractivity contribution in [3.8, 4) is 11.5 Å². The quantitative estimate of drug-likeness (QED) is 0.653. The molecule has 2 heterocycles. The van der Waals surface area contributed by atoms with Crippen molar-refractivity contribution in [1.82, 2.24) is 14.5 Å². The molecule has 0 spiro atoms. The Bertz CT molecular complexity index is 776. The summed E-state index contributed by atoms with van der Waals surface area (Å²) in [6, 6.07) is 18.4. The molecule has 134 valence electrons. The Hall–Kier alpha value is -2.59. The van der Waals surface area contributed by atoms with E-state index in [9.17, 15) is 0 Å². The maximum Gasteiger partial charge on any atom is 0.127 e. The lowest BCUT2D eigenvalue weighted by molar-refractivity contribution is 0.167. The number of piperidine rings is 1. The number of nitrogens with zero attached hydrogens (tertiary/aromatic N) is 3. The summed E-state index contributed by atoms with van der Waals surface area (Å²) in [4.78, 5) is 6.69. The van der Waals surface area contributed by atoms with E-state index in [1.807, 2.05) is 42.9 Å². The Balaban J connectivity index is 1.26. The smallest absolute Gasteiger partial charge is 0.127 e. The van der Waals surface area contributed by atoms with Crippen LogP contribution in [0.15, 0.2) is 73.3 Å². The van der Waals surface area contributed by atoms with Gasteiger partial charge in [-0.1, -0.05) is 30.3 Å². The van der Waals surface area contributed by atoms with Crippen LogP contribution in [0.25, 0.3) is 0 Å². The van der Waals surface area contributed by atoms with Gasteiger partial charge in [0.15, 0.2) is 0 Å². The third kappa shape index (κ3) is 4.52. The maximum absolute atomic E-state index is 5.87. The van der Waals surface area contributed by atoms with Gasteiger partial charge in [-0.2, -0.15) is 0 Å². The number of hydrogen-bond acceptors (Lipinski definition) is 3. The van der Waals surface area contributed by atoms with E-state index in [4.69, 9.17) is 4.74 Å². The fraction of sp³-hybridized carbons (Fsp3) is 0.318. The summed E-state index contributed by atoms with van der Waals surface area (Å²) >= 11 is 0. The Labute approximate surface area is 155 Å². The third-order valence-electron chi connectivity index (χ3n) is 5.04. The fourth-order valence-electron chi connectivity index (χ4n) is 3.57. The molecule has 0 aliphatic carbocycles. The predicted octanol–water partition coefficient (Wildman–Crippen LogP) is 4.59. The largest absolute Gasteiger partial charge is 0.457 e. The van der Waals surface area contributed by atoms with Crippen molar-refractivity contribution in [2.45, 2.75) is 25.9 Å². The molecule has 0 N–H and O–H groups in total. The SMILES string of the molecule is c1ccc(Oc2ccc(CN3CCC(Cn4ccnc4)CC3)cc2)cc1. The molecule has 0 saturated carbocycles. The van der Waals surface area contributed by atoms with Crippen LogP contribution < -0.4 is 4.74 Å². The van der Waals surface area contributed by atoms with Crippen molar-refractivity contribution < 1.29 is 4.74 Å². The summed E-state index contributed by atoms with van der Waals surface area (Å²) in [5, 5.41) is 0. The van der Waals surface area contributed by atoms with Crippen LogP contribution in [-0.2, 0) is 13.1 Å². The minimum Gasteiger partial charge on any atom is -0.457 e. The highest BCUT2D eigenvalue weighted by Crippen LogP contribution is 2.23. The molecule has 4 nitrogen and oxygen atoms in total. The van der Waals surface area contributed by atoms with Crippen molar-refractivity contribution in [3.63, 3.8) is 0 Å². The van der Waals surface area contributed by atoms with Gasteiger partial charge in [0.25, 0.3) is 0 Å². The molecule has 0 atom stereocenters. The molecule has 26 heavy (non-hydrogen) atoms. The molecule has 1 aliphatic rings. The number of rotatable bonds is 6. The zero-order chi connectivity index (χ0) is 17.6. The number of imidazole rings is 1. The van der Waals surface area contributed by atoms with Crippen LogP contribution in [0, 0.1) is 5.92 Å². The standard InChI is InChI=1S/C22H25N3O/c1-2-4-21(5-3-1)26-22-8-6-19(7-9-22)16-24-13-10-20(11-14-24)17-25-15-12-23-18-25/h1-9,12,15,18,20H,10-11,13-14,16-17H2.